The van der Waals surface area contributed by atoms with Gasteiger partial charge in [0.1, 0.15) is 11.6 Å². The van der Waals surface area contributed by atoms with Gasteiger partial charge in [0, 0.05) is 19.7 Å². The molecule has 13 heavy (non-hydrogen) atoms. The molecule has 0 spiro atoms. The van der Waals surface area contributed by atoms with Gasteiger partial charge < -0.3 is 4.90 Å². The van der Waals surface area contributed by atoms with Crippen LogP contribution < -0.4 is 4.90 Å². The van der Waals surface area contributed by atoms with Crippen molar-refractivity contribution in [2.24, 2.45) is 0 Å². The number of benzene rings is 1. The Kier molecular flexibility index (Phi) is 3.23. The molecule has 0 aliphatic rings. The van der Waals surface area contributed by atoms with Crippen molar-refractivity contribution in [3.8, 4) is 0 Å². The minimum absolute atomic E-state index is 0.321. The Morgan fingerprint density at radius 1 is 1.31 bits per heavy atom. The molecule has 1 aromatic carbocycles. The van der Waals surface area contributed by atoms with E-state index in [1.165, 1.54) is 6.07 Å². The molecule has 0 bridgehead atoms. The topological polar surface area (TPSA) is 3.24 Å². The highest BCUT2D eigenvalue weighted by molar-refractivity contribution is 5.47. The fourth-order valence-corrected chi connectivity index (χ4v) is 1.23. The second kappa shape index (κ2) is 4.21. The Balaban J connectivity index is 2.91. The second-order valence-corrected chi connectivity index (χ2v) is 3.02. The lowest BCUT2D eigenvalue weighted by molar-refractivity contribution is 0.596. The maximum atomic E-state index is 13.1. The molecule has 0 heterocycles. The summed E-state index contributed by atoms with van der Waals surface area (Å²) in [6.45, 7) is 2.72. The van der Waals surface area contributed by atoms with E-state index in [0.717, 1.165) is 25.1 Å². The molecule has 0 amide bonds. The summed E-state index contributed by atoms with van der Waals surface area (Å²) in [6, 6.07) is 3.49. The van der Waals surface area contributed by atoms with E-state index in [2.05, 4.69) is 0 Å². The van der Waals surface area contributed by atoms with E-state index in [1.807, 2.05) is 6.92 Å². The van der Waals surface area contributed by atoms with E-state index in [-0.39, 0.29) is 5.82 Å². The molecule has 72 valence electrons. The normalized spacial score (nSPS) is 10.2. The Hall–Kier alpha value is -1.12. The van der Waals surface area contributed by atoms with Gasteiger partial charge in [-0.2, -0.15) is 0 Å². The van der Waals surface area contributed by atoms with Crippen LogP contribution >= 0.6 is 0 Å². The average Bonchev–Trinajstić information content (AvgIpc) is 2.09. The van der Waals surface area contributed by atoms with Crippen LogP contribution in [-0.2, 0) is 0 Å². The third-order valence-electron chi connectivity index (χ3n) is 1.88. The van der Waals surface area contributed by atoms with Crippen molar-refractivity contribution >= 4 is 5.69 Å². The van der Waals surface area contributed by atoms with E-state index < -0.39 is 5.82 Å². The van der Waals surface area contributed by atoms with Crippen LogP contribution in [0.15, 0.2) is 18.2 Å². The van der Waals surface area contributed by atoms with Crippen LogP contribution in [0, 0.1) is 11.6 Å². The smallest absolute Gasteiger partial charge is 0.146 e. The summed E-state index contributed by atoms with van der Waals surface area (Å²) < 4.78 is 25.9. The number of halogens is 2. The molecule has 1 aromatic rings. The molecule has 0 saturated heterocycles. The second-order valence-electron chi connectivity index (χ2n) is 3.02. The van der Waals surface area contributed by atoms with Gasteiger partial charge in [-0.1, -0.05) is 6.92 Å². The molecule has 0 atom stereocenters. The molecule has 0 fully saturated rings. The highest BCUT2D eigenvalue weighted by Gasteiger charge is 2.07. The molecule has 0 aromatic heterocycles. The van der Waals surface area contributed by atoms with Gasteiger partial charge in [0.2, 0.25) is 0 Å². The molecule has 1 rings (SSSR count). The Morgan fingerprint density at radius 2 is 2.00 bits per heavy atom. The first-order valence-corrected chi connectivity index (χ1v) is 4.31. The Bertz CT molecular complexity index is 286. The summed E-state index contributed by atoms with van der Waals surface area (Å²) >= 11 is 0. The molecule has 0 saturated carbocycles. The zero-order chi connectivity index (χ0) is 9.84. The molecular weight excluding hydrogens is 172 g/mol. The zero-order valence-corrected chi connectivity index (χ0v) is 7.85. The van der Waals surface area contributed by atoms with E-state index in [1.54, 1.807) is 11.9 Å². The maximum absolute atomic E-state index is 13.1. The monoisotopic (exact) mass is 185 g/mol. The van der Waals surface area contributed by atoms with Crippen molar-refractivity contribution in [2.75, 3.05) is 18.5 Å². The Labute approximate surface area is 77.0 Å². The highest BCUT2D eigenvalue weighted by Crippen LogP contribution is 2.18. The van der Waals surface area contributed by atoms with Gasteiger partial charge in [0.25, 0.3) is 0 Å². The SMILES string of the molecule is CCCN(C)c1cc(F)ccc1F. The minimum Gasteiger partial charge on any atom is -0.372 e. The molecule has 0 aliphatic carbocycles. The summed E-state index contributed by atoms with van der Waals surface area (Å²) in [6.07, 6.45) is 0.909. The van der Waals surface area contributed by atoms with Crippen molar-refractivity contribution in [2.45, 2.75) is 13.3 Å². The van der Waals surface area contributed by atoms with Gasteiger partial charge in [-0.05, 0) is 18.6 Å². The van der Waals surface area contributed by atoms with Crippen molar-refractivity contribution in [1.82, 2.24) is 0 Å². The first-order valence-electron chi connectivity index (χ1n) is 4.31. The van der Waals surface area contributed by atoms with Crippen molar-refractivity contribution in [1.29, 1.82) is 0 Å². The Morgan fingerprint density at radius 3 is 2.62 bits per heavy atom. The van der Waals surface area contributed by atoms with Crippen molar-refractivity contribution < 1.29 is 8.78 Å². The third-order valence-corrected chi connectivity index (χ3v) is 1.88. The van der Waals surface area contributed by atoms with E-state index in [4.69, 9.17) is 0 Å². The van der Waals surface area contributed by atoms with E-state index in [0.29, 0.717) is 5.69 Å². The number of anilines is 1. The molecule has 0 unspecified atom stereocenters. The van der Waals surface area contributed by atoms with Crippen molar-refractivity contribution in [3.63, 3.8) is 0 Å². The van der Waals surface area contributed by atoms with Gasteiger partial charge in [-0.25, -0.2) is 8.78 Å². The summed E-state index contributed by atoms with van der Waals surface area (Å²) in [5.41, 5.74) is 0.321. The van der Waals surface area contributed by atoms with Crippen molar-refractivity contribution in [3.05, 3.63) is 29.8 Å². The number of rotatable bonds is 3. The van der Waals surface area contributed by atoms with Gasteiger partial charge >= 0.3 is 0 Å². The van der Waals surface area contributed by atoms with E-state index >= 15 is 0 Å². The lowest BCUT2D eigenvalue weighted by Crippen LogP contribution is -2.19. The predicted octanol–water partition coefficient (Wildman–Crippen LogP) is 2.81. The van der Waals surface area contributed by atoms with Gasteiger partial charge in [0.15, 0.2) is 0 Å². The average molecular weight is 185 g/mol. The molecule has 0 radical (unpaired) electrons. The lowest BCUT2D eigenvalue weighted by atomic mass is 10.2. The fourth-order valence-electron chi connectivity index (χ4n) is 1.23. The van der Waals surface area contributed by atoms with Crippen LogP contribution in [0.2, 0.25) is 0 Å². The summed E-state index contributed by atoms with van der Waals surface area (Å²) in [5.74, 6) is -0.781. The number of hydrogen-bond acceptors (Lipinski definition) is 1. The summed E-state index contributed by atoms with van der Waals surface area (Å²) in [4.78, 5) is 1.71. The van der Waals surface area contributed by atoms with Crippen LogP contribution in [0.4, 0.5) is 14.5 Å². The summed E-state index contributed by atoms with van der Waals surface area (Å²) in [7, 11) is 1.75. The van der Waals surface area contributed by atoms with Gasteiger partial charge in [-0.3, -0.25) is 0 Å². The van der Waals surface area contributed by atoms with Crippen LogP contribution in [0.25, 0.3) is 0 Å². The quantitative estimate of drug-likeness (QED) is 0.699. The molecule has 3 heteroatoms. The van der Waals surface area contributed by atoms with Gasteiger partial charge in [-0.15, -0.1) is 0 Å². The van der Waals surface area contributed by atoms with E-state index in [9.17, 15) is 8.78 Å². The number of hydrogen-bond donors (Lipinski definition) is 0. The molecule has 0 N–H and O–H groups in total. The van der Waals surface area contributed by atoms with Crippen LogP contribution in [0.3, 0.4) is 0 Å². The number of nitrogens with zero attached hydrogens (tertiary/aromatic N) is 1. The van der Waals surface area contributed by atoms with Crippen LogP contribution in [0.5, 0.6) is 0 Å². The fraction of sp³-hybridized carbons (Fsp3) is 0.400. The summed E-state index contributed by atoms with van der Waals surface area (Å²) in [5, 5.41) is 0. The lowest BCUT2D eigenvalue weighted by Gasteiger charge is -2.18. The largest absolute Gasteiger partial charge is 0.372 e. The minimum atomic E-state index is -0.403. The third kappa shape index (κ3) is 2.41. The molecule has 0 aliphatic heterocycles. The highest BCUT2D eigenvalue weighted by atomic mass is 19.1. The van der Waals surface area contributed by atoms with Gasteiger partial charge in [0.05, 0.1) is 5.69 Å². The molecular formula is C10H13F2N. The molecule has 1 nitrogen and oxygen atoms in total. The maximum Gasteiger partial charge on any atom is 0.146 e. The first kappa shape index (κ1) is 9.96. The van der Waals surface area contributed by atoms with Crippen LogP contribution in [0.1, 0.15) is 13.3 Å². The first-order chi connectivity index (χ1) is 6.15. The predicted molar refractivity (Wildman–Crippen MR) is 49.9 cm³/mol. The zero-order valence-electron chi connectivity index (χ0n) is 7.85. The van der Waals surface area contributed by atoms with Crippen LogP contribution in [-0.4, -0.2) is 13.6 Å². The standard InChI is InChI=1S/C10H13F2N/c1-3-6-13(2)10-7-8(11)4-5-9(10)12/h4-5,7H,3,6H2,1-2H3.